The largest absolute Gasteiger partial charge is 0.342 e. The van der Waals surface area contributed by atoms with Crippen LogP contribution in [0.3, 0.4) is 0 Å². The lowest BCUT2D eigenvalue weighted by molar-refractivity contribution is -0.145. The molecule has 4 N–H and O–H groups in total. The molecule has 0 aromatic heterocycles. The number of urea groups is 1. The summed E-state index contributed by atoms with van der Waals surface area (Å²) in [5.41, 5.74) is -2.63. The Bertz CT molecular complexity index is 1940. The number of hydrogen-bond donors (Lipinski definition) is 4. The van der Waals surface area contributed by atoms with Crippen molar-refractivity contribution in [3.63, 3.8) is 0 Å². The minimum absolute atomic E-state index is 0.0386. The van der Waals surface area contributed by atoms with Gasteiger partial charge < -0.3 is 30.7 Å². The molecule has 16 nitrogen and oxygen atoms in total. The van der Waals surface area contributed by atoms with Gasteiger partial charge in [0.15, 0.2) is 0 Å². The molecule has 0 unspecified atom stereocenters. The smallest absolute Gasteiger partial charge is 0.319 e. The van der Waals surface area contributed by atoms with Gasteiger partial charge in [-0.2, -0.15) is 12.7 Å². The number of aliphatic imine (C=N–C) groups is 1. The fourth-order valence-corrected chi connectivity index (χ4v) is 12.1. The van der Waals surface area contributed by atoms with Gasteiger partial charge in [0.2, 0.25) is 17.7 Å². The van der Waals surface area contributed by atoms with Crippen LogP contribution >= 0.6 is 0 Å². The summed E-state index contributed by atoms with van der Waals surface area (Å²) in [6.45, 7) is 21.5. The summed E-state index contributed by atoms with van der Waals surface area (Å²) in [7, 11) is -4.12. The zero-order valence-electron chi connectivity index (χ0n) is 35.4. The predicted octanol–water partition coefficient (Wildman–Crippen LogP) is 2.46. The number of hydrogen-bond acceptors (Lipinski definition) is 9. The first-order valence-electron chi connectivity index (χ1n) is 20.8. The number of amides is 6. The summed E-state index contributed by atoms with van der Waals surface area (Å²) < 4.78 is 29.8. The molecule has 2 spiro atoms. The first-order chi connectivity index (χ1) is 26.9. The Kier molecular flexibility index (Phi) is 10.2. The fourth-order valence-electron chi connectivity index (χ4n) is 10.8. The average molecular weight is 826 g/mol. The molecule has 4 heterocycles. The van der Waals surface area contributed by atoms with Crippen LogP contribution in [0.2, 0.25) is 0 Å². The summed E-state index contributed by atoms with van der Waals surface area (Å²) in [6, 6.07) is -3.50. The lowest BCUT2D eigenvalue weighted by Crippen LogP contribution is -2.64. The molecule has 17 heteroatoms. The first-order valence-corrected chi connectivity index (χ1v) is 22.3. The molecule has 6 amide bonds. The van der Waals surface area contributed by atoms with Crippen LogP contribution in [0.15, 0.2) is 29.4 Å². The van der Waals surface area contributed by atoms with Crippen molar-refractivity contribution in [1.82, 2.24) is 39.7 Å². The van der Waals surface area contributed by atoms with Gasteiger partial charge in [-0.15, -0.1) is 6.58 Å². The second-order valence-electron chi connectivity index (χ2n) is 20.4. The number of likely N-dealkylation sites (tertiary alicyclic amines) is 1. The molecule has 58 heavy (non-hydrogen) atoms. The number of carbonyl (C=O) groups excluding carboxylic acids is 5. The molecule has 0 radical (unpaired) electrons. The highest BCUT2D eigenvalue weighted by Gasteiger charge is 2.85. The summed E-state index contributed by atoms with van der Waals surface area (Å²) in [6.07, 6.45) is 10.2. The van der Waals surface area contributed by atoms with E-state index in [2.05, 4.69) is 46.1 Å². The standard InChI is InChI=1S/C41H63N9O7S/c1-10-26-20-41(26,34(54)46-58(56,57)49-17-11-12-18-49)45-31(51)28-21-40(38(8,9)39(40)15-13-16-39)23-50(28)33(53)30(37(5,6)7)43-32(52)29(36(2,3)4)44-35(55)47-19-14-27-22-42-24-48(27)25-47/h10,14,24,26,28-30H,1,11-13,15-23,25H2,2-9H3,(H,43,52)(H,44,55)(H,45,51)(H,46,54)/t26-,28+,29-,30-,40-,41-/m1/s1. The monoisotopic (exact) mass is 825 g/mol. The normalized spacial score (nSPS) is 30.6. The van der Waals surface area contributed by atoms with Crippen molar-refractivity contribution in [3.05, 3.63) is 24.4 Å². The maximum Gasteiger partial charge on any atom is 0.319 e. The molecular weight excluding hydrogens is 763 g/mol. The predicted molar refractivity (Wildman–Crippen MR) is 218 cm³/mol. The van der Waals surface area contributed by atoms with Crippen molar-refractivity contribution in [3.8, 4) is 0 Å². The van der Waals surface area contributed by atoms with E-state index >= 15 is 4.79 Å². The highest BCUT2D eigenvalue weighted by molar-refractivity contribution is 7.87. The fraction of sp³-hybridized carbons (Fsp3) is 0.756. The Balaban J connectivity index is 1.13. The summed E-state index contributed by atoms with van der Waals surface area (Å²) in [5.74, 6) is -2.82. The van der Waals surface area contributed by atoms with Crippen molar-refractivity contribution in [2.75, 3.05) is 39.4 Å². The van der Waals surface area contributed by atoms with Crippen molar-refractivity contribution in [2.24, 2.45) is 38.0 Å². The van der Waals surface area contributed by atoms with Gasteiger partial charge in [0.25, 0.3) is 5.91 Å². The number of carbonyl (C=O) groups is 5. The molecule has 3 aliphatic carbocycles. The van der Waals surface area contributed by atoms with Crippen molar-refractivity contribution >= 4 is 46.2 Å². The zero-order chi connectivity index (χ0) is 42.4. The van der Waals surface area contributed by atoms with Crippen LogP contribution < -0.4 is 20.7 Å². The van der Waals surface area contributed by atoms with E-state index in [4.69, 9.17) is 0 Å². The highest BCUT2D eigenvalue weighted by atomic mass is 32.2. The molecule has 7 aliphatic rings. The van der Waals surface area contributed by atoms with Crippen LogP contribution in [0.1, 0.15) is 100 Å². The number of rotatable bonds is 10. The van der Waals surface area contributed by atoms with Crippen LogP contribution in [-0.2, 0) is 29.4 Å². The molecule has 6 atom stereocenters. The lowest BCUT2D eigenvalue weighted by atomic mass is 9.73. The van der Waals surface area contributed by atoms with Crippen LogP contribution in [0, 0.1) is 33.0 Å². The average Bonchev–Trinajstić information content (AvgIpc) is 3.54. The Morgan fingerprint density at radius 1 is 0.931 bits per heavy atom. The third-order valence-corrected chi connectivity index (χ3v) is 16.4. The summed E-state index contributed by atoms with van der Waals surface area (Å²) in [4.78, 5) is 81.0. The van der Waals surface area contributed by atoms with E-state index in [1.54, 1.807) is 22.2 Å². The summed E-state index contributed by atoms with van der Waals surface area (Å²) in [5, 5.41) is 8.89. The molecule has 4 aliphatic heterocycles. The minimum atomic E-state index is -4.12. The van der Waals surface area contributed by atoms with Gasteiger partial charge >= 0.3 is 16.2 Å². The minimum Gasteiger partial charge on any atom is -0.342 e. The number of fused-ring (bicyclic) bond motifs is 2. The van der Waals surface area contributed by atoms with Gasteiger partial charge in [-0.3, -0.25) is 24.2 Å². The van der Waals surface area contributed by atoms with Gasteiger partial charge in [0, 0.05) is 43.2 Å². The molecule has 3 saturated carbocycles. The van der Waals surface area contributed by atoms with Crippen LogP contribution in [0.25, 0.3) is 0 Å². The molecule has 0 aromatic carbocycles. The SMILES string of the molecule is C=C[C@@H]1C[C@]1(NC(=O)[C@@H]1C[C@@]2(CN1C(=O)[C@@H](NC(=O)[C@@H](NC(=O)N1CC=C3CN=CN3C1)C(C)(C)C)C(C)(C)C)C(C)(C)C21CCC1)C(=O)NS(=O)(=O)N1CCCC1. The van der Waals surface area contributed by atoms with Crippen LogP contribution in [0.5, 0.6) is 0 Å². The van der Waals surface area contributed by atoms with Crippen molar-refractivity contribution < 1.29 is 32.4 Å². The molecule has 0 bridgehead atoms. The van der Waals surface area contributed by atoms with Gasteiger partial charge in [-0.05, 0) is 66.3 Å². The van der Waals surface area contributed by atoms with E-state index in [1.165, 1.54) is 4.31 Å². The summed E-state index contributed by atoms with van der Waals surface area (Å²) >= 11 is 0. The van der Waals surface area contributed by atoms with Gasteiger partial charge in [-0.1, -0.05) is 67.9 Å². The molecule has 7 rings (SSSR count). The lowest BCUT2D eigenvalue weighted by Gasteiger charge is -2.39. The van der Waals surface area contributed by atoms with E-state index in [0.717, 1.165) is 25.0 Å². The van der Waals surface area contributed by atoms with E-state index in [0.29, 0.717) is 58.7 Å². The van der Waals surface area contributed by atoms with E-state index in [1.807, 2.05) is 52.5 Å². The Hall–Kier alpha value is -3.99. The first kappa shape index (κ1) is 42.1. The highest BCUT2D eigenvalue weighted by Crippen LogP contribution is 2.88. The third-order valence-electron chi connectivity index (χ3n) is 14.9. The van der Waals surface area contributed by atoms with E-state index in [9.17, 15) is 27.6 Å². The van der Waals surface area contributed by atoms with Crippen molar-refractivity contribution in [1.29, 1.82) is 0 Å². The maximum atomic E-state index is 15.1. The Labute approximate surface area is 343 Å². The number of nitrogens with zero attached hydrogens (tertiary/aromatic N) is 5. The number of nitrogens with one attached hydrogen (secondary N) is 4. The van der Waals surface area contributed by atoms with Crippen LogP contribution in [0.4, 0.5) is 4.79 Å². The molecule has 0 aromatic rings. The molecule has 2 saturated heterocycles. The third kappa shape index (κ3) is 6.71. The second kappa shape index (κ2) is 14.1. The van der Waals surface area contributed by atoms with Crippen LogP contribution in [-0.4, -0.2) is 126 Å². The van der Waals surface area contributed by atoms with Gasteiger partial charge in [0.1, 0.15) is 30.3 Å². The Morgan fingerprint density at radius 3 is 2.14 bits per heavy atom. The topological polar surface area (TPSA) is 193 Å². The quantitative estimate of drug-likeness (QED) is 0.242. The van der Waals surface area contributed by atoms with Crippen molar-refractivity contribution in [2.45, 2.75) is 124 Å². The van der Waals surface area contributed by atoms with Gasteiger partial charge in [-0.25, -0.2) is 9.52 Å². The molecule has 5 fully saturated rings. The Morgan fingerprint density at radius 2 is 1.59 bits per heavy atom. The maximum absolute atomic E-state index is 15.1. The zero-order valence-corrected chi connectivity index (χ0v) is 36.3. The van der Waals surface area contributed by atoms with E-state index in [-0.39, 0.29) is 22.7 Å². The molecular formula is C41H63N9O7S. The molecule has 320 valence electrons. The second-order valence-corrected chi connectivity index (χ2v) is 22.1. The van der Waals surface area contributed by atoms with Gasteiger partial charge in [0.05, 0.1) is 12.9 Å². The van der Waals surface area contributed by atoms with E-state index < -0.39 is 80.3 Å².